The molecule has 1 heterocycles. The van der Waals surface area contributed by atoms with E-state index >= 15 is 0 Å². The molecule has 1 spiro atoms. The zero-order valence-electron chi connectivity index (χ0n) is 11.8. The first-order chi connectivity index (χ1) is 9.65. The van der Waals surface area contributed by atoms with Crippen LogP contribution in [0.15, 0.2) is 22.7 Å². The molecule has 20 heavy (non-hydrogen) atoms. The van der Waals surface area contributed by atoms with E-state index in [0.29, 0.717) is 5.54 Å². The zero-order chi connectivity index (χ0) is 14.0. The SMILES string of the molecule is Fc1cc(Br)cc(CN2CCNC3(CCCCC3)C2)c1. The predicted molar refractivity (Wildman–Crippen MR) is 83.2 cm³/mol. The molecule has 1 aliphatic heterocycles. The Morgan fingerprint density at radius 3 is 2.75 bits per heavy atom. The van der Waals surface area contributed by atoms with Crippen molar-refractivity contribution in [2.24, 2.45) is 0 Å². The summed E-state index contributed by atoms with van der Waals surface area (Å²) in [6.45, 7) is 4.05. The molecule has 1 aliphatic carbocycles. The van der Waals surface area contributed by atoms with Gasteiger partial charge in [-0.05, 0) is 36.6 Å². The van der Waals surface area contributed by atoms with Gasteiger partial charge in [0.15, 0.2) is 0 Å². The fraction of sp³-hybridized carbons (Fsp3) is 0.625. The molecule has 2 aliphatic rings. The van der Waals surface area contributed by atoms with E-state index < -0.39 is 0 Å². The fourth-order valence-electron chi connectivity index (χ4n) is 3.70. The van der Waals surface area contributed by atoms with E-state index in [9.17, 15) is 4.39 Å². The first-order valence-electron chi connectivity index (χ1n) is 7.58. The molecule has 0 bridgehead atoms. The molecule has 1 saturated carbocycles. The van der Waals surface area contributed by atoms with Crippen molar-refractivity contribution in [1.82, 2.24) is 10.2 Å². The molecule has 0 atom stereocenters. The molecule has 2 nitrogen and oxygen atoms in total. The van der Waals surface area contributed by atoms with Crippen LogP contribution >= 0.6 is 15.9 Å². The molecule has 0 radical (unpaired) electrons. The third kappa shape index (κ3) is 3.41. The average Bonchev–Trinajstić information content (AvgIpc) is 2.38. The normalized spacial score (nSPS) is 23.1. The minimum Gasteiger partial charge on any atom is -0.309 e. The number of nitrogens with one attached hydrogen (secondary N) is 1. The van der Waals surface area contributed by atoms with Crippen LogP contribution in [-0.2, 0) is 6.54 Å². The summed E-state index contributed by atoms with van der Waals surface area (Å²) >= 11 is 3.38. The third-order valence-electron chi connectivity index (χ3n) is 4.59. The lowest BCUT2D eigenvalue weighted by molar-refractivity contribution is 0.0944. The Hall–Kier alpha value is -0.450. The van der Waals surface area contributed by atoms with Crippen molar-refractivity contribution < 1.29 is 4.39 Å². The highest BCUT2D eigenvalue weighted by Crippen LogP contribution is 2.31. The molecule has 0 amide bonds. The van der Waals surface area contributed by atoms with Gasteiger partial charge in [-0.3, -0.25) is 4.90 Å². The second-order valence-corrected chi connectivity index (χ2v) is 7.17. The summed E-state index contributed by atoms with van der Waals surface area (Å²) in [5, 5.41) is 3.75. The van der Waals surface area contributed by atoms with Crippen LogP contribution in [0, 0.1) is 5.82 Å². The first kappa shape index (κ1) is 14.5. The Morgan fingerprint density at radius 1 is 1.20 bits per heavy atom. The molecule has 110 valence electrons. The van der Waals surface area contributed by atoms with Gasteiger partial charge in [0, 0.05) is 36.2 Å². The van der Waals surface area contributed by atoms with Crippen molar-refractivity contribution in [3.05, 3.63) is 34.1 Å². The monoisotopic (exact) mass is 340 g/mol. The van der Waals surface area contributed by atoms with Crippen molar-refractivity contribution in [2.45, 2.75) is 44.2 Å². The number of hydrogen-bond donors (Lipinski definition) is 1. The summed E-state index contributed by atoms with van der Waals surface area (Å²) in [5.41, 5.74) is 1.38. The zero-order valence-corrected chi connectivity index (χ0v) is 13.4. The van der Waals surface area contributed by atoms with Gasteiger partial charge in [0.25, 0.3) is 0 Å². The standard InChI is InChI=1S/C16H22BrFN2/c17-14-8-13(9-15(18)10-14)11-20-7-6-19-16(12-20)4-2-1-3-5-16/h8-10,19H,1-7,11-12H2. The summed E-state index contributed by atoms with van der Waals surface area (Å²) in [6.07, 6.45) is 6.63. The second-order valence-electron chi connectivity index (χ2n) is 6.26. The molecular formula is C16H22BrFN2. The quantitative estimate of drug-likeness (QED) is 0.883. The van der Waals surface area contributed by atoms with E-state index in [0.717, 1.165) is 36.2 Å². The third-order valence-corrected chi connectivity index (χ3v) is 5.05. The Bertz CT molecular complexity index is 446. The summed E-state index contributed by atoms with van der Waals surface area (Å²) in [6, 6.07) is 5.20. The lowest BCUT2D eigenvalue weighted by Crippen LogP contribution is -2.60. The van der Waals surface area contributed by atoms with Crippen LogP contribution in [0.3, 0.4) is 0 Å². The molecule has 1 saturated heterocycles. The van der Waals surface area contributed by atoms with E-state index in [-0.39, 0.29) is 5.82 Å². The van der Waals surface area contributed by atoms with Gasteiger partial charge >= 0.3 is 0 Å². The van der Waals surface area contributed by atoms with E-state index in [1.54, 1.807) is 6.07 Å². The van der Waals surface area contributed by atoms with Gasteiger partial charge < -0.3 is 5.32 Å². The fourth-order valence-corrected chi connectivity index (χ4v) is 4.21. The maximum atomic E-state index is 13.5. The average molecular weight is 341 g/mol. The highest BCUT2D eigenvalue weighted by atomic mass is 79.9. The van der Waals surface area contributed by atoms with Crippen LogP contribution < -0.4 is 5.32 Å². The second kappa shape index (κ2) is 6.12. The molecule has 2 fully saturated rings. The Labute approximate surface area is 128 Å². The first-order valence-corrected chi connectivity index (χ1v) is 8.37. The predicted octanol–water partition coefficient (Wildman–Crippen LogP) is 3.70. The number of halogens is 2. The molecule has 3 rings (SSSR count). The summed E-state index contributed by atoms with van der Waals surface area (Å²) < 4.78 is 14.3. The maximum Gasteiger partial charge on any atom is 0.124 e. The van der Waals surface area contributed by atoms with Gasteiger partial charge in [0.2, 0.25) is 0 Å². The lowest BCUT2D eigenvalue weighted by Gasteiger charge is -2.46. The van der Waals surface area contributed by atoms with Crippen molar-refractivity contribution >= 4 is 15.9 Å². The minimum atomic E-state index is -0.156. The van der Waals surface area contributed by atoms with E-state index in [4.69, 9.17) is 0 Å². The maximum absolute atomic E-state index is 13.5. The van der Waals surface area contributed by atoms with E-state index in [1.165, 1.54) is 38.2 Å². The van der Waals surface area contributed by atoms with Crippen LogP contribution in [0.4, 0.5) is 4.39 Å². The number of piperazine rings is 1. The molecule has 1 N–H and O–H groups in total. The highest BCUT2D eigenvalue weighted by molar-refractivity contribution is 9.10. The summed E-state index contributed by atoms with van der Waals surface area (Å²) in [4.78, 5) is 2.48. The van der Waals surface area contributed by atoms with E-state index in [1.807, 2.05) is 6.07 Å². The molecule has 0 unspecified atom stereocenters. The summed E-state index contributed by atoms with van der Waals surface area (Å²) in [5.74, 6) is -0.156. The Kier molecular flexibility index (Phi) is 4.43. The van der Waals surface area contributed by atoms with Gasteiger partial charge in [-0.25, -0.2) is 4.39 Å². The molecule has 1 aromatic carbocycles. The Morgan fingerprint density at radius 2 is 2.00 bits per heavy atom. The largest absolute Gasteiger partial charge is 0.309 e. The van der Waals surface area contributed by atoms with Crippen LogP contribution in [0.1, 0.15) is 37.7 Å². The van der Waals surface area contributed by atoms with Crippen molar-refractivity contribution in [3.8, 4) is 0 Å². The summed E-state index contributed by atoms with van der Waals surface area (Å²) in [7, 11) is 0. The van der Waals surface area contributed by atoms with Gasteiger partial charge in [0.05, 0.1) is 0 Å². The van der Waals surface area contributed by atoms with Gasteiger partial charge in [0.1, 0.15) is 5.82 Å². The molecule has 1 aromatic rings. The molecule has 4 heteroatoms. The van der Waals surface area contributed by atoms with E-state index in [2.05, 4.69) is 26.1 Å². The minimum absolute atomic E-state index is 0.156. The van der Waals surface area contributed by atoms with Crippen molar-refractivity contribution in [2.75, 3.05) is 19.6 Å². The van der Waals surface area contributed by atoms with Crippen LogP contribution in [0.5, 0.6) is 0 Å². The van der Waals surface area contributed by atoms with Gasteiger partial charge in [-0.15, -0.1) is 0 Å². The molecule has 0 aromatic heterocycles. The number of rotatable bonds is 2. The van der Waals surface area contributed by atoms with Gasteiger partial charge in [-0.2, -0.15) is 0 Å². The van der Waals surface area contributed by atoms with Crippen LogP contribution in [0.25, 0.3) is 0 Å². The Balaban J connectivity index is 1.67. The number of hydrogen-bond acceptors (Lipinski definition) is 2. The van der Waals surface area contributed by atoms with Crippen molar-refractivity contribution in [3.63, 3.8) is 0 Å². The van der Waals surface area contributed by atoms with Gasteiger partial charge in [-0.1, -0.05) is 35.2 Å². The highest BCUT2D eigenvalue weighted by Gasteiger charge is 2.35. The van der Waals surface area contributed by atoms with Crippen molar-refractivity contribution in [1.29, 1.82) is 0 Å². The smallest absolute Gasteiger partial charge is 0.124 e. The molecular weight excluding hydrogens is 319 g/mol. The number of benzene rings is 1. The lowest BCUT2D eigenvalue weighted by atomic mass is 9.80. The topological polar surface area (TPSA) is 15.3 Å². The van der Waals surface area contributed by atoms with Crippen LogP contribution in [-0.4, -0.2) is 30.1 Å². The van der Waals surface area contributed by atoms with Crippen LogP contribution in [0.2, 0.25) is 0 Å². The number of nitrogens with zero attached hydrogens (tertiary/aromatic N) is 1.